The van der Waals surface area contributed by atoms with Gasteiger partial charge in [0.15, 0.2) is 16.8 Å². The van der Waals surface area contributed by atoms with Gasteiger partial charge in [0.1, 0.15) is 0 Å². The first-order valence-electron chi connectivity index (χ1n) is 5.27. The molecule has 1 fully saturated rings. The second-order valence-corrected chi connectivity index (χ2v) is 4.63. The highest BCUT2D eigenvalue weighted by molar-refractivity contribution is 7.98. The number of anilines is 1. The number of nitrogens with two attached hydrogens (primary N) is 1. The molecule has 0 amide bonds. The Morgan fingerprint density at radius 1 is 1.50 bits per heavy atom. The van der Waals surface area contributed by atoms with Crippen molar-refractivity contribution in [2.24, 2.45) is 5.73 Å². The van der Waals surface area contributed by atoms with Crippen molar-refractivity contribution >= 4 is 17.6 Å². The van der Waals surface area contributed by atoms with Gasteiger partial charge in [-0.05, 0) is 19.1 Å². The maximum absolute atomic E-state index is 13.6. The maximum Gasteiger partial charge on any atom is 0.189 e. The zero-order valence-electron chi connectivity index (χ0n) is 9.19. The van der Waals surface area contributed by atoms with Crippen LogP contribution < -0.4 is 10.6 Å². The van der Waals surface area contributed by atoms with Crippen LogP contribution in [0.15, 0.2) is 11.4 Å². The minimum absolute atomic E-state index is 0.237. The molecular weight excluding hydrogens is 227 g/mol. The van der Waals surface area contributed by atoms with Crippen molar-refractivity contribution in [3.63, 3.8) is 0 Å². The van der Waals surface area contributed by atoms with Crippen LogP contribution in [-0.4, -0.2) is 35.4 Å². The van der Waals surface area contributed by atoms with E-state index in [1.807, 2.05) is 11.2 Å². The number of thioether (sulfide) groups is 1. The average molecular weight is 242 g/mol. The van der Waals surface area contributed by atoms with Crippen molar-refractivity contribution < 1.29 is 4.39 Å². The molecule has 0 radical (unpaired) electrons. The third-order valence-corrected chi connectivity index (χ3v) is 3.29. The SMILES string of the molecule is CSc1ncc(F)c(N2CCC(N)CC2)n1. The minimum atomic E-state index is -0.353. The zero-order valence-corrected chi connectivity index (χ0v) is 10.0. The van der Waals surface area contributed by atoms with Crippen molar-refractivity contribution in [2.75, 3.05) is 24.2 Å². The fraction of sp³-hybridized carbons (Fsp3) is 0.600. The van der Waals surface area contributed by atoms with Gasteiger partial charge in [-0.2, -0.15) is 0 Å². The molecule has 1 saturated heterocycles. The van der Waals surface area contributed by atoms with E-state index < -0.39 is 0 Å². The topological polar surface area (TPSA) is 55.0 Å². The van der Waals surface area contributed by atoms with Crippen LogP contribution in [0.25, 0.3) is 0 Å². The van der Waals surface area contributed by atoms with Crippen molar-refractivity contribution in [3.05, 3.63) is 12.0 Å². The molecule has 0 unspecified atom stereocenters. The second kappa shape index (κ2) is 4.97. The van der Waals surface area contributed by atoms with Gasteiger partial charge in [-0.25, -0.2) is 14.4 Å². The number of hydrogen-bond acceptors (Lipinski definition) is 5. The van der Waals surface area contributed by atoms with Crippen molar-refractivity contribution in [2.45, 2.75) is 24.0 Å². The van der Waals surface area contributed by atoms with E-state index in [4.69, 9.17) is 5.73 Å². The third kappa shape index (κ3) is 2.44. The van der Waals surface area contributed by atoms with Gasteiger partial charge in [0.2, 0.25) is 0 Å². The Hall–Kier alpha value is -0.880. The number of halogens is 1. The fourth-order valence-electron chi connectivity index (χ4n) is 1.77. The van der Waals surface area contributed by atoms with Crippen molar-refractivity contribution in [3.8, 4) is 0 Å². The largest absolute Gasteiger partial charge is 0.354 e. The smallest absolute Gasteiger partial charge is 0.189 e. The van der Waals surface area contributed by atoms with E-state index in [-0.39, 0.29) is 11.9 Å². The van der Waals surface area contributed by atoms with Gasteiger partial charge in [-0.3, -0.25) is 0 Å². The highest BCUT2D eigenvalue weighted by Gasteiger charge is 2.20. The first-order valence-corrected chi connectivity index (χ1v) is 6.50. The molecule has 16 heavy (non-hydrogen) atoms. The minimum Gasteiger partial charge on any atom is -0.354 e. The standard InChI is InChI=1S/C10H15FN4S/c1-16-10-13-6-8(11)9(14-10)15-4-2-7(12)3-5-15/h6-7H,2-5,12H2,1H3. The Morgan fingerprint density at radius 2 is 2.19 bits per heavy atom. The van der Waals surface area contributed by atoms with E-state index in [0.717, 1.165) is 25.9 Å². The number of hydrogen-bond donors (Lipinski definition) is 1. The average Bonchev–Trinajstić information content (AvgIpc) is 2.31. The summed E-state index contributed by atoms with van der Waals surface area (Å²) in [6.07, 6.45) is 4.89. The van der Waals surface area contributed by atoms with Crippen molar-refractivity contribution in [1.82, 2.24) is 9.97 Å². The maximum atomic E-state index is 13.6. The summed E-state index contributed by atoms with van der Waals surface area (Å²) < 4.78 is 13.6. The lowest BCUT2D eigenvalue weighted by atomic mass is 10.1. The zero-order chi connectivity index (χ0) is 11.5. The molecule has 0 spiro atoms. The summed E-state index contributed by atoms with van der Waals surface area (Å²) in [5.41, 5.74) is 5.81. The van der Waals surface area contributed by atoms with Crippen LogP contribution in [0.2, 0.25) is 0 Å². The van der Waals surface area contributed by atoms with E-state index in [2.05, 4.69) is 9.97 Å². The van der Waals surface area contributed by atoms with Gasteiger partial charge in [-0.1, -0.05) is 11.8 Å². The van der Waals surface area contributed by atoms with Gasteiger partial charge in [0.25, 0.3) is 0 Å². The molecule has 2 N–H and O–H groups in total. The molecule has 0 aliphatic carbocycles. The van der Waals surface area contributed by atoms with Crippen LogP contribution in [0.1, 0.15) is 12.8 Å². The lowest BCUT2D eigenvalue weighted by molar-refractivity contribution is 0.487. The number of aromatic nitrogens is 2. The molecule has 4 nitrogen and oxygen atoms in total. The first kappa shape index (κ1) is 11.6. The summed E-state index contributed by atoms with van der Waals surface area (Å²) in [6, 6.07) is 0.237. The molecule has 2 rings (SSSR count). The van der Waals surface area contributed by atoms with E-state index in [9.17, 15) is 4.39 Å². The van der Waals surface area contributed by atoms with Crippen LogP contribution in [0.3, 0.4) is 0 Å². The summed E-state index contributed by atoms with van der Waals surface area (Å²) in [7, 11) is 0. The quantitative estimate of drug-likeness (QED) is 0.625. The van der Waals surface area contributed by atoms with Crippen LogP contribution in [0.5, 0.6) is 0 Å². The molecule has 0 atom stereocenters. The Morgan fingerprint density at radius 3 is 2.81 bits per heavy atom. The molecule has 0 aromatic carbocycles. The van der Waals surface area contributed by atoms with E-state index in [1.165, 1.54) is 18.0 Å². The molecule has 6 heteroatoms. The van der Waals surface area contributed by atoms with E-state index in [0.29, 0.717) is 11.0 Å². The molecule has 0 saturated carbocycles. The third-order valence-electron chi connectivity index (χ3n) is 2.73. The monoisotopic (exact) mass is 242 g/mol. The fourth-order valence-corrected chi connectivity index (χ4v) is 2.11. The Labute approximate surface area is 98.4 Å². The predicted molar refractivity (Wildman–Crippen MR) is 63.2 cm³/mol. The number of nitrogens with zero attached hydrogens (tertiary/aromatic N) is 3. The van der Waals surface area contributed by atoms with Crippen LogP contribution in [-0.2, 0) is 0 Å². The highest BCUT2D eigenvalue weighted by atomic mass is 32.2. The summed E-state index contributed by atoms with van der Waals surface area (Å²) >= 11 is 1.42. The van der Waals surface area contributed by atoms with E-state index >= 15 is 0 Å². The first-order chi connectivity index (χ1) is 7.70. The lowest BCUT2D eigenvalue weighted by Gasteiger charge is -2.31. The van der Waals surface area contributed by atoms with Gasteiger partial charge < -0.3 is 10.6 Å². The van der Waals surface area contributed by atoms with Crippen LogP contribution in [0.4, 0.5) is 10.2 Å². The summed E-state index contributed by atoms with van der Waals surface area (Å²) in [5.74, 6) is 0.0551. The Balaban J connectivity index is 2.19. The molecule has 1 aromatic heterocycles. The van der Waals surface area contributed by atoms with Gasteiger partial charge >= 0.3 is 0 Å². The molecule has 0 bridgehead atoms. The van der Waals surface area contributed by atoms with Crippen LogP contribution >= 0.6 is 11.8 Å². The number of piperidine rings is 1. The summed E-state index contributed by atoms with van der Waals surface area (Å²) in [4.78, 5) is 10.0. The molecule has 1 aliphatic rings. The summed E-state index contributed by atoms with van der Waals surface area (Å²) in [6.45, 7) is 1.53. The molecule has 2 heterocycles. The summed E-state index contributed by atoms with van der Waals surface area (Å²) in [5, 5.41) is 0.603. The van der Waals surface area contributed by atoms with Gasteiger partial charge in [-0.15, -0.1) is 0 Å². The lowest BCUT2D eigenvalue weighted by Crippen LogP contribution is -2.40. The van der Waals surface area contributed by atoms with Crippen molar-refractivity contribution in [1.29, 1.82) is 0 Å². The predicted octanol–water partition coefficient (Wildman–Crippen LogP) is 1.27. The van der Waals surface area contributed by atoms with Gasteiger partial charge in [0, 0.05) is 19.1 Å². The number of rotatable bonds is 2. The Kier molecular flexibility index (Phi) is 3.60. The molecule has 1 aliphatic heterocycles. The normalized spacial score (nSPS) is 17.8. The van der Waals surface area contributed by atoms with E-state index in [1.54, 1.807) is 0 Å². The molecule has 1 aromatic rings. The molecular formula is C10H15FN4S. The second-order valence-electron chi connectivity index (χ2n) is 3.85. The highest BCUT2D eigenvalue weighted by Crippen LogP contribution is 2.22. The molecule has 88 valence electrons. The Bertz CT molecular complexity index is 366. The van der Waals surface area contributed by atoms with Gasteiger partial charge in [0.05, 0.1) is 6.20 Å². The van der Waals surface area contributed by atoms with Crippen LogP contribution in [0, 0.1) is 5.82 Å².